The second-order valence-corrected chi connectivity index (χ2v) is 5.99. The molecule has 2 aromatic rings. The minimum atomic E-state index is -0.134. The third-order valence-electron chi connectivity index (χ3n) is 4.40. The lowest BCUT2D eigenvalue weighted by atomic mass is 9.95. The summed E-state index contributed by atoms with van der Waals surface area (Å²) in [6.07, 6.45) is 6.61. The molecule has 6 nitrogen and oxygen atoms in total. The quantitative estimate of drug-likeness (QED) is 0.851. The fraction of sp³-hybridized carbons (Fsp3) is 0.316. The molecule has 0 bridgehead atoms. The Morgan fingerprint density at radius 2 is 2.24 bits per heavy atom. The van der Waals surface area contributed by atoms with Crippen LogP contribution in [-0.4, -0.2) is 28.1 Å². The van der Waals surface area contributed by atoms with Crippen molar-refractivity contribution >= 4 is 17.5 Å². The van der Waals surface area contributed by atoms with E-state index >= 15 is 0 Å². The third kappa shape index (κ3) is 3.47. The van der Waals surface area contributed by atoms with Gasteiger partial charge in [-0.3, -0.25) is 14.3 Å². The maximum atomic E-state index is 12.7. The average Bonchev–Trinajstić information content (AvgIpc) is 3.12. The highest BCUT2D eigenvalue weighted by atomic mass is 16.2. The Hall–Kier alpha value is -2.89. The molecule has 0 radical (unpaired) electrons. The molecule has 2 amide bonds. The molecule has 1 aromatic heterocycles. The summed E-state index contributed by atoms with van der Waals surface area (Å²) >= 11 is 0. The Balaban J connectivity index is 1.79. The summed E-state index contributed by atoms with van der Waals surface area (Å²) in [5.41, 5.74) is 3.32. The van der Waals surface area contributed by atoms with Crippen LogP contribution in [0.1, 0.15) is 34.8 Å². The van der Waals surface area contributed by atoms with Gasteiger partial charge in [-0.05, 0) is 43.5 Å². The Bertz CT molecular complexity index is 810. The molecule has 25 heavy (non-hydrogen) atoms. The van der Waals surface area contributed by atoms with Gasteiger partial charge in [0.2, 0.25) is 5.91 Å². The minimum Gasteiger partial charge on any atom is -0.348 e. The lowest BCUT2D eigenvalue weighted by Gasteiger charge is -2.29. The van der Waals surface area contributed by atoms with Crippen LogP contribution in [0.5, 0.6) is 0 Å². The van der Waals surface area contributed by atoms with Gasteiger partial charge in [0, 0.05) is 42.6 Å². The zero-order valence-corrected chi connectivity index (χ0v) is 14.4. The summed E-state index contributed by atoms with van der Waals surface area (Å²) in [5, 5.41) is 7.15. The van der Waals surface area contributed by atoms with Crippen LogP contribution in [0.25, 0.3) is 0 Å². The molecular formula is C19H22N4O2. The monoisotopic (exact) mass is 338 g/mol. The SMILES string of the molecule is C=CC(=O)N1CCCc2c(C(=O)NCc3cnn(CC)c3)cccc21. The molecule has 0 aliphatic carbocycles. The van der Waals surface area contributed by atoms with E-state index in [2.05, 4.69) is 17.0 Å². The third-order valence-corrected chi connectivity index (χ3v) is 4.40. The smallest absolute Gasteiger partial charge is 0.251 e. The van der Waals surface area contributed by atoms with Gasteiger partial charge in [-0.2, -0.15) is 5.10 Å². The van der Waals surface area contributed by atoms with Gasteiger partial charge in [0.1, 0.15) is 0 Å². The summed E-state index contributed by atoms with van der Waals surface area (Å²) < 4.78 is 1.82. The number of carbonyl (C=O) groups excluding carboxylic acids is 2. The Morgan fingerprint density at radius 1 is 1.40 bits per heavy atom. The molecule has 1 aliphatic heterocycles. The Morgan fingerprint density at radius 3 is 2.96 bits per heavy atom. The maximum absolute atomic E-state index is 12.7. The highest BCUT2D eigenvalue weighted by Crippen LogP contribution is 2.30. The first-order valence-corrected chi connectivity index (χ1v) is 8.49. The summed E-state index contributed by atoms with van der Waals surface area (Å²) in [7, 11) is 0. The van der Waals surface area contributed by atoms with Crippen LogP contribution in [0.15, 0.2) is 43.2 Å². The van der Waals surface area contributed by atoms with Crippen molar-refractivity contribution in [3.8, 4) is 0 Å². The molecule has 0 fully saturated rings. The van der Waals surface area contributed by atoms with Crippen LogP contribution >= 0.6 is 0 Å². The second kappa shape index (κ2) is 7.34. The van der Waals surface area contributed by atoms with Crippen molar-refractivity contribution in [2.45, 2.75) is 32.9 Å². The summed E-state index contributed by atoms with van der Waals surface area (Å²) in [5.74, 6) is -0.264. The molecule has 0 saturated heterocycles. The van der Waals surface area contributed by atoms with Crippen molar-refractivity contribution < 1.29 is 9.59 Å². The van der Waals surface area contributed by atoms with Gasteiger partial charge in [0.15, 0.2) is 0 Å². The number of benzene rings is 1. The van der Waals surface area contributed by atoms with Crippen molar-refractivity contribution in [1.82, 2.24) is 15.1 Å². The topological polar surface area (TPSA) is 67.2 Å². The van der Waals surface area contributed by atoms with Crippen LogP contribution in [0.2, 0.25) is 0 Å². The normalized spacial score (nSPS) is 13.2. The number of aryl methyl sites for hydroxylation is 1. The van der Waals surface area contributed by atoms with E-state index < -0.39 is 0 Å². The van der Waals surface area contributed by atoms with Gasteiger partial charge in [-0.25, -0.2) is 0 Å². The highest BCUT2D eigenvalue weighted by Gasteiger charge is 2.24. The van der Waals surface area contributed by atoms with Crippen molar-refractivity contribution in [2.75, 3.05) is 11.4 Å². The lowest BCUT2D eigenvalue weighted by molar-refractivity contribution is -0.114. The fourth-order valence-corrected chi connectivity index (χ4v) is 3.12. The van der Waals surface area contributed by atoms with Crippen LogP contribution < -0.4 is 10.2 Å². The van der Waals surface area contributed by atoms with Crippen LogP contribution in [0.4, 0.5) is 5.69 Å². The average molecular weight is 338 g/mol. The molecule has 6 heteroatoms. The lowest BCUT2D eigenvalue weighted by Crippen LogP contribution is -2.35. The zero-order chi connectivity index (χ0) is 17.8. The van der Waals surface area contributed by atoms with Crippen molar-refractivity contribution in [1.29, 1.82) is 0 Å². The molecule has 0 unspecified atom stereocenters. The largest absolute Gasteiger partial charge is 0.348 e. The number of fused-ring (bicyclic) bond motifs is 1. The number of nitrogens with one attached hydrogen (secondary N) is 1. The summed E-state index contributed by atoms with van der Waals surface area (Å²) in [6, 6.07) is 5.51. The summed E-state index contributed by atoms with van der Waals surface area (Å²) in [6.45, 7) is 7.45. The number of carbonyl (C=O) groups is 2. The molecule has 1 aromatic carbocycles. The Kier molecular flexibility index (Phi) is 4.97. The zero-order valence-electron chi connectivity index (χ0n) is 14.4. The minimum absolute atomic E-state index is 0.131. The number of nitrogens with zero attached hydrogens (tertiary/aromatic N) is 3. The number of amides is 2. The highest BCUT2D eigenvalue weighted by molar-refractivity contribution is 6.04. The molecule has 2 heterocycles. The van der Waals surface area contributed by atoms with Gasteiger partial charge in [0.05, 0.1) is 6.20 Å². The van der Waals surface area contributed by atoms with E-state index in [9.17, 15) is 9.59 Å². The van der Waals surface area contributed by atoms with E-state index in [4.69, 9.17) is 0 Å². The van der Waals surface area contributed by atoms with Gasteiger partial charge < -0.3 is 10.2 Å². The number of hydrogen-bond donors (Lipinski definition) is 1. The predicted molar refractivity (Wildman–Crippen MR) is 96.4 cm³/mol. The van der Waals surface area contributed by atoms with Crippen LogP contribution in [-0.2, 0) is 24.3 Å². The van der Waals surface area contributed by atoms with E-state index in [1.165, 1.54) is 6.08 Å². The first-order chi connectivity index (χ1) is 12.1. The van der Waals surface area contributed by atoms with Crippen molar-refractivity contribution in [2.24, 2.45) is 0 Å². The van der Waals surface area contributed by atoms with Gasteiger partial charge in [-0.1, -0.05) is 12.6 Å². The first-order valence-electron chi connectivity index (χ1n) is 8.49. The molecule has 0 atom stereocenters. The fourth-order valence-electron chi connectivity index (χ4n) is 3.12. The van der Waals surface area contributed by atoms with E-state index in [-0.39, 0.29) is 11.8 Å². The van der Waals surface area contributed by atoms with Gasteiger partial charge in [-0.15, -0.1) is 0 Å². The maximum Gasteiger partial charge on any atom is 0.251 e. The number of hydrogen-bond acceptors (Lipinski definition) is 3. The summed E-state index contributed by atoms with van der Waals surface area (Å²) in [4.78, 5) is 26.4. The van der Waals surface area contributed by atoms with Gasteiger partial charge >= 0.3 is 0 Å². The number of rotatable bonds is 5. The van der Waals surface area contributed by atoms with Crippen LogP contribution in [0.3, 0.4) is 0 Å². The molecule has 0 spiro atoms. The number of aromatic nitrogens is 2. The predicted octanol–water partition coefficient (Wildman–Crippen LogP) is 2.30. The van der Waals surface area contributed by atoms with Crippen molar-refractivity contribution in [3.05, 3.63) is 59.9 Å². The molecular weight excluding hydrogens is 316 g/mol. The molecule has 130 valence electrons. The van der Waals surface area contributed by atoms with E-state index in [1.54, 1.807) is 11.1 Å². The first kappa shape index (κ1) is 17.0. The standard InChI is InChI=1S/C19H22N4O2/c1-3-18(24)23-10-6-8-15-16(7-5-9-17(15)23)19(25)20-11-14-12-21-22(4-2)13-14/h3,5,7,9,12-13H,1,4,6,8,10-11H2,2H3,(H,20,25). The Labute approximate surface area is 147 Å². The van der Waals surface area contributed by atoms with Crippen molar-refractivity contribution in [3.63, 3.8) is 0 Å². The van der Waals surface area contributed by atoms with Crippen LogP contribution in [0, 0.1) is 0 Å². The molecule has 1 aliphatic rings. The molecule has 0 saturated carbocycles. The molecule has 3 rings (SSSR count). The molecule has 1 N–H and O–H groups in total. The van der Waals surface area contributed by atoms with Gasteiger partial charge in [0.25, 0.3) is 5.91 Å². The van der Waals surface area contributed by atoms with E-state index in [1.807, 2.05) is 36.0 Å². The van der Waals surface area contributed by atoms with E-state index in [0.29, 0.717) is 18.7 Å². The van der Waals surface area contributed by atoms with E-state index in [0.717, 1.165) is 36.2 Å². The second-order valence-electron chi connectivity index (χ2n) is 5.99. The number of anilines is 1.